The van der Waals surface area contributed by atoms with Gasteiger partial charge in [-0.3, -0.25) is 19.8 Å². The molecule has 2 bridgehead atoms. The number of nitrogens with one attached hydrogen (secondary N) is 1. The average Bonchev–Trinajstić information content (AvgIpc) is 3.01. The van der Waals surface area contributed by atoms with Crippen molar-refractivity contribution < 1.29 is 9.59 Å². The van der Waals surface area contributed by atoms with Crippen LogP contribution < -0.4 is 5.32 Å². The summed E-state index contributed by atoms with van der Waals surface area (Å²) >= 11 is 0. The lowest BCUT2D eigenvalue weighted by Gasteiger charge is -2.21. The minimum absolute atomic E-state index is 0.00727. The summed E-state index contributed by atoms with van der Waals surface area (Å²) in [7, 11) is 1.64. The summed E-state index contributed by atoms with van der Waals surface area (Å²) in [5.41, 5.74) is 0. The predicted molar refractivity (Wildman–Crippen MR) is 66.8 cm³/mol. The molecule has 5 heteroatoms. The van der Waals surface area contributed by atoms with Crippen LogP contribution in [0.3, 0.4) is 0 Å². The van der Waals surface area contributed by atoms with E-state index >= 15 is 0 Å². The molecule has 0 aromatic heterocycles. The highest BCUT2D eigenvalue weighted by molar-refractivity contribution is 6.08. The van der Waals surface area contributed by atoms with E-state index in [2.05, 4.69) is 10.3 Å². The van der Waals surface area contributed by atoms with Crippen LogP contribution in [0.25, 0.3) is 0 Å². The number of hydrogen-bond acceptors (Lipinski definition) is 3. The average molecular weight is 249 g/mol. The van der Waals surface area contributed by atoms with Crippen LogP contribution in [0, 0.1) is 17.8 Å². The minimum Gasteiger partial charge on any atom is -0.296 e. The summed E-state index contributed by atoms with van der Waals surface area (Å²) in [5.74, 6) is 2.52. The van der Waals surface area contributed by atoms with E-state index < -0.39 is 0 Å². The Bertz CT molecular complexity index is 418. The van der Waals surface area contributed by atoms with Crippen LogP contribution in [0.15, 0.2) is 4.99 Å². The van der Waals surface area contributed by atoms with E-state index in [9.17, 15) is 9.59 Å². The molecule has 0 aromatic carbocycles. The molecular formula is C13H19N3O2. The molecule has 2 amide bonds. The van der Waals surface area contributed by atoms with Gasteiger partial charge in [0.15, 0.2) is 0 Å². The summed E-state index contributed by atoms with van der Waals surface area (Å²) in [4.78, 5) is 28.7. The molecule has 0 spiro atoms. The maximum absolute atomic E-state index is 12.0. The number of amides is 2. The van der Waals surface area contributed by atoms with E-state index in [-0.39, 0.29) is 18.4 Å². The van der Waals surface area contributed by atoms with Crippen molar-refractivity contribution in [1.82, 2.24) is 10.2 Å². The van der Waals surface area contributed by atoms with Crippen LogP contribution in [-0.4, -0.2) is 36.3 Å². The first-order chi connectivity index (χ1) is 8.63. The lowest BCUT2D eigenvalue weighted by Crippen LogP contribution is -2.42. The van der Waals surface area contributed by atoms with Crippen molar-refractivity contribution in [3.63, 3.8) is 0 Å². The largest absolute Gasteiger partial charge is 0.296 e. The first kappa shape index (κ1) is 11.7. The van der Waals surface area contributed by atoms with Crippen LogP contribution in [0.2, 0.25) is 0 Å². The molecule has 0 radical (unpaired) electrons. The maximum Gasteiger partial charge on any atom is 0.250 e. The first-order valence-electron chi connectivity index (χ1n) is 6.74. The monoisotopic (exact) mass is 249 g/mol. The van der Waals surface area contributed by atoms with E-state index in [0.717, 1.165) is 11.8 Å². The standard InChI is InChI=1S/C13H19N3O2/c1-16-12(18)7-14-13(16)15-11(17)6-10-5-8-2-3-9(10)4-8/h8-10H,2-7H2,1H3,(H,14,15,17). The summed E-state index contributed by atoms with van der Waals surface area (Å²) < 4.78 is 0. The molecular weight excluding hydrogens is 230 g/mol. The highest BCUT2D eigenvalue weighted by Crippen LogP contribution is 2.49. The van der Waals surface area contributed by atoms with Crippen molar-refractivity contribution >= 4 is 17.8 Å². The molecule has 1 heterocycles. The minimum atomic E-state index is -0.0646. The van der Waals surface area contributed by atoms with Gasteiger partial charge in [-0.2, -0.15) is 0 Å². The van der Waals surface area contributed by atoms with Crippen molar-refractivity contribution in [2.24, 2.45) is 22.7 Å². The normalized spacial score (nSPS) is 34.1. The van der Waals surface area contributed by atoms with Crippen molar-refractivity contribution in [3.8, 4) is 0 Å². The van der Waals surface area contributed by atoms with Gasteiger partial charge < -0.3 is 0 Å². The molecule has 2 aliphatic carbocycles. The lowest BCUT2D eigenvalue weighted by atomic mass is 9.86. The van der Waals surface area contributed by atoms with E-state index in [1.165, 1.54) is 30.6 Å². The van der Waals surface area contributed by atoms with E-state index in [1.54, 1.807) is 7.05 Å². The molecule has 3 aliphatic rings. The van der Waals surface area contributed by atoms with Gasteiger partial charge in [0.25, 0.3) is 5.91 Å². The third-order valence-corrected chi connectivity index (χ3v) is 4.64. The van der Waals surface area contributed by atoms with Crippen molar-refractivity contribution in [2.45, 2.75) is 32.1 Å². The summed E-state index contributed by atoms with van der Waals surface area (Å²) in [6, 6.07) is 0. The lowest BCUT2D eigenvalue weighted by molar-refractivity contribution is -0.124. The zero-order valence-corrected chi connectivity index (χ0v) is 10.7. The fourth-order valence-corrected chi connectivity index (χ4v) is 3.64. The number of carbonyl (C=O) groups excluding carboxylic acids is 2. The number of hydrogen-bond donors (Lipinski definition) is 1. The van der Waals surface area contributed by atoms with E-state index in [0.29, 0.717) is 18.3 Å². The van der Waals surface area contributed by atoms with Crippen molar-refractivity contribution in [3.05, 3.63) is 0 Å². The third kappa shape index (κ3) is 2.02. The second kappa shape index (κ2) is 4.37. The van der Waals surface area contributed by atoms with Gasteiger partial charge in [0, 0.05) is 13.5 Å². The SMILES string of the molecule is CN1C(=O)CN=C1NC(=O)CC1CC2CCC1C2. The molecule has 18 heavy (non-hydrogen) atoms. The third-order valence-electron chi connectivity index (χ3n) is 4.64. The Morgan fingerprint density at radius 1 is 1.44 bits per heavy atom. The molecule has 0 aromatic rings. The van der Waals surface area contributed by atoms with Crippen LogP contribution in [-0.2, 0) is 9.59 Å². The quantitative estimate of drug-likeness (QED) is 0.785. The summed E-state index contributed by atoms with van der Waals surface area (Å²) in [5, 5.41) is 2.76. The summed E-state index contributed by atoms with van der Waals surface area (Å²) in [6.07, 6.45) is 5.76. The Labute approximate surface area is 107 Å². The molecule has 98 valence electrons. The van der Waals surface area contributed by atoms with Gasteiger partial charge in [-0.15, -0.1) is 0 Å². The fraction of sp³-hybridized carbons (Fsp3) is 0.769. The number of aliphatic imine (C=N–C) groups is 1. The van der Waals surface area contributed by atoms with Crippen LogP contribution in [0.1, 0.15) is 32.1 Å². The highest BCUT2D eigenvalue weighted by Gasteiger charge is 2.40. The highest BCUT2D eigenvalue weighted by atomic mass is 16.2. The van der Waals surface area contributed by atoms with Gasteiger partial charge in [0.05, 0.1) is 0 Å². The molecule has 1 N–H and O–H groups in total. The molecule has 2 saturated carbocycles. The molecule has 2 fully saturated rings. The summed E-state index contributed by atoms with van der Waals surface area (Å²) in [6.45, 7) is 0.153. The second-order valence-corrected chi connectivity index (χ2v) is 5.78. The topological polar surface area (TPSA) is 61.8 Å². The zero-order valence-electron chi connectivity index (χ0n) is 10.7. The number of guanidine groups is 1. The van der Waals surface area contributed by atoms with Gasteiger partial charge in [-0.05, 0) is 37.0 Å². The van der Waals surface area contributed by atoms with Crippen molar-refractivity contribution in [1.29, 1.82) is 0 Å². The zero-order chi connectivity index (χ0) is 12.7. The number of fused-ring (bicyclic) bond motifs is 2. The number of likely N-dealkylation sites (N-methyl/N-ethyl adjacent to an activating group) is 1. The van der Waals surface area contributed by atoms with Crippen molar-refractivity contribution in [2.75, 3.05) is 13.6 Å². The van der Waals surface area contributed by atoms with Gasteiger partial charge in [0.1, 0.15) is 6.54 Å². The smallest absolute Gasteiger partial charge is 0.250 e. The molecule has 3 rings (SSSR count). The molecule has 0 saturated heterocycles. The van der Waals surface area contributed by atoms with Gasteiger partial charge in [-0.1, -0.05) is 6.42 Å². The Kier molecular flexibility index (Phi) is 2.84. The Balaban J connectivity index is 1.52. The van der Waals surface area contributed by atoms with Gasteiger partial charge in [0.2, 0.25) is 11.9 Å². The first-order valence-corrected chi connectivity index (χ1v) is 6.74. The van der Waals surface area contributed by atoms with E-state index in [4.69, 9.17) is 0 Å². The molecule has 1 aliphatic heterocycles. The van der Waals surface area contributed by atoms with Crippen LogP contribution >= 0.6 is 0 Å². The molecule has 3 atom stereocenters. The molecule has 5 nitrogen and oxygen atoms in total. The number of carbonyl (C=O) groups is 2. The van der Waals surface area contributed by atoms with Crippen LogP contribution in [0.5, 0.6) is 0 Å². The Morgan fingerprint density at radius 3 is 2.83 bits per heavy atom. The van der Waals surface area contributed by atoms with E-state index in [1.807, 2.05) is 0 Å². The van der Waals surface area contributed by atoms with Gasteiger partial charge >= 0.3 is 0 Å². The number of nitrogens with zero attached hydrogens (tertiary/aromatic N) is 2. The Morgan fingerprint density at radius 2 is 2.28 bits per heavy atom. The van der Waals surface area contributed by atoms with Gasteiger partial charge in [-0.25, -0.2) is 4.99 Å². The fourth-order valence-electron chi connectivity index (χ4n) is 3.64. The second-order valence-electron chi connectivity index (χ2n) is 5.78. The number of rotatable bonds is 2. The van der Waals surface area contributed by atoms with Crippen LogP contribution in [0.4, 0.5) is 0 Å². The molecule has 3 unspecified atom stereocenters. The Hall–Kier alpha value is -1.39. The maximum atomic E-state index is 12.0. The predicted octanol–water partition coefficient (Wildman–Crippen LogP) is 0.757.